The highest BCUT2D eigenvalue weighted by Gasteiger charge is 2.43. The van der Waals surface area contributed by atoms with E-state index in [0.717, 1.165) is 22.3 Å². The fraction of sp³-hybridized carbons (Fsp3) is 0.550. The first kappa shape index (κ1) is 45.5. The maximum Gasteiger partial charge on any atom is 0.407 e. The van der Waals surface area contributed by atoms with Gasteiger partial charge in [-0.3, -0.25) is 24.0 Å². The Balaban J connectivity index is 1.40. The van der Waals surface area contributed by atoms with Crippen molar-refractivity contribution >= 4 is 35.6 Å². The number of hydrogen-bond acceptors (Lipinski definition) is 11. The molecule has 2 aliphatic rings. The number of carbonyl (C=O) groups excluding carboxylic acids is 6. The maximum atomic E-state index is 13.8. The van der Waals surface area contributed by atoms with Gasteiger partial charge in [-0.05, 0) is 55.4 Å². The van der Waals surface area contributed by atoms with Crippen molar-refractivity contribution in [3.05, 3.63) is 59.7 Å². The summed E-state index contributed by atoms with van der Waals surface area (Å²) in [5.41, 5.74) is 7.55. The Hall–Kier alpha value is -5.17. The van der Waals surface area contributed by atoms with E-state index in [1.165, 1.54) is 20.8 Å². The first-order chi connectivity index (χ1) is 27.4. The summed E-state index contributed by atoms with van der Waals surface area (Å²) >= 11 is 0. The number of alkyl halides is 1. The normalized spacial score (nSPS) is 20.2. The summed E-state index contributed by atoms with van der Waals surface area (Å²) in [5.74, 6) is -4.27. The van der Waals surface area contributed by atoms with Crippen molar-refractivity contribution in [3.8, 4) is 11.1 Å². The van der Waals surface area contributed by atoms with Crippen molar-refractivity contribution < 1.29 is 57.6 Å². The van der Waals surface area contributed by atoms with Crippen LogP contribution in [0.1, 0.15) is 70.9 Å². The van der Waals surface area contributed by atoms with E-state index >= 15 is 0 Å². The third-order valence-electron chi connectivity index (χ3n) is 9.77. The SMILES string of the molecule is CC(NC(=O)C(NC(=O)C(CCC(=O)NC[C@H]1O[C@@H](CC(N)=O)[C@H](O)[C@@H]1O)NC(=O)OCC1c2ccccc2-c2ccccc21)C(C)C)C(=O)NCOCC(C)(C)F. The zero-order valence-corrected chi connectivity index (χ0v) is 33.3. The number of aliphatic hydroxyl groups is 2. The van der Waals surface area contributed by atoms with Crippen LogP contribution in [0.25, 0.3) is 11.1 Å². The zero-order chi connectivity index (χ0) is 42.7. The molecule has 4 rings (SSSR count). The van der Waals surface area contributed by atoms with E-state index in [4.69, 9.17) is 19.9 Å². The average Bonchev–Trinajstić information content (AvgIpc) is 3.62. The molecule has 58 heavy (non-hydrogen) atoms. The number of rotatable bonds is 20. The number of nitrogens with one attached hydrogen (secondary N) is 5. The lowest BCUT2D eigenvalue weighted by Gasteiger charge is -2.26. The number of hydrogen-bond donors (Lipinski definition) is 8. The van der Waals surface area contributed by atoms with E-state index < -0.39 is 89.8 Å². The second-order valence-corrected chi connectivity index (χ2v) is 15.4. The van der Waals surface area contributed by atoms with E-state index in [-0.39, 0.29) is 51.7 Å². The minimum atomic E-state index is -1.61. The molecule has 7 atom stereocenters. The minimum Gasteiger partial charge on any atom is -0.449 e. The van der Waals surface area contributed by atoms with Gasteiger partial charge in [0.2, 0.25) is 29.5 Å². The van der Waals surface area contributed by atoms with Crippen LogP contribution in [-0.4, -0.2) is 121 Å². The molecule has 2 aromatic carbocycles. The number of amides is 6. The standard InChI is InChI=1S/C40H55FN6O11/c1-21(2)33(38(54)45-22(3)36(52)44-20-56-19-40(4,5)41)47-37(53)28(14-15-32(49)43-17-30-35(51)34(50)29(58-30)16-31(42)48)46-39(55)57-18-27-25-12-8-6-10-23(25)24-11-7-9-13-26(24)27/h6-13,21-22,27-30,33-35,50-51H,14-20H2,1-5H3,(H2,42,48)(H,43,49)(H,44,52)(H,45,54)(H,46,55)(H,47,53)/t22?,28?,29-,30+,33?,34-,35+/m0/s1. The van der Waals surface area contributed by atoms with Crippen LogP contribution in [0.4, 0.5) is 9.18 Å². The molecule has 18 heteroatoms. The van der Waals surface area contributed by atoms with Crippen molar-refractivity contribution in [2.75, 3.05) is 26.5 Å². The Kier molecular flexibility index (Phi) is 16.1. The summed E-state index contributed by atoms with van der Waals surface area (Å²) in [6.45, 7) is 6.52. The van der Waals surface area contributed by atoms with Crippen LogP contribution in [0.5, 0.6) is 0 Å². The number of fused-ring (bicyclic) bond motifs is 3. The molecule has 1 fully saturated rings. The molecule has 318 valence electrons. The number of halogens is 1. The van der Waals surface area contributed by atoms with Crippen LogP contribution in [-0.2, 0) is 38.2 Å². The van der Waals surface area contributed by atoms with Gasteiger partial charge in [0, 0.05) is 18.9 Å². The second-order valence-electron chi connectivity index (χ2n) is 15.4. The van der Waals surface area contributed by atoms with Crippen LogP contribution in [0.2, 0.25) is 0 Å². The largest absolute Gasteiger partial charge is 0.449 e. The number of carbonyl (C=O) groups is 6. The second kappa shape index (κ2) is 20.5. The molecular weight excluding hydrogens is 759 g/mol. The summed E-state index contributed by atoms with van der Waals surface area (Å²) in [5, 5.41) is 33.2. The van der Waals surface area contributed by atoms with Crippen molar-refractivity contribution in [1.29, 1.82) is 0 Å². The van der Waals surface area contributed by atoms with Crippen LogP contribution >= 0.6 is 0 Å². The maximum absolute atomic E-state index is 13.8. The Bertz CT molecular complexity index is 1740. The van der Waals surface area contributed by atoms with Crippen LogP contribution in [0.15, 0.2) is 48.5 Å². The lowest BCUT2D eigenvalue weighted by atomic mass is 9.98. The van der Waals surface area contributed by atoms with E-state index in [1.54, 1.807) is 13.8 Å². The smallest absolute Gasteiger partial charge is 0.407 e. The summed E-state index contributed by atoms with van der Waals surface area (Å²) in [7, 11) is 0. The fourth-order valence-corrected chi connectivity index (χ4v) is 6.72. The molecule has 1 aliphatic heterocycles. The molecule has 17 nitrogen and oxygen atoms in total. The van der Waals surface area contributed by atoms with Gasteiger partial charge in [0.05, 0.1) is 19.1 Å². The fourth-order valence-electron chi connectivity index (χ4n) is 6.72. The monoisotopic (exact) mass is 814 g/mol. The molecule has 1 saturated heterocycles. The number of aliphatic hydroxyl groups excluding tert-OH is 2. The molecular formula is C40H55FN6O11. The lowest BCUT2D eigenvalue weighted by Crippen LogP contribution is -2.58. The van der Waals surface area contributed by atoms with Gasteiger partial charge in [-0.1, -0.05) is 62.4 Å². The summed E-state index contributed by atoms with van der Waals surface area (Å²) < 4.78 is 29.9. The van der Waals surface area contributed by atoms with Crippen molar-refractivity contribution in [2.24, 2.45) is 11.7 Å². The highest BCUT2D eigenvalue weighted by Crippen LogP contribution is 2.44. The molecule has 2 aromatic rings. The van der Waals surface area contributed by atoms with Gasteiger partial charge in [0.1, 0.15) is 55.4 Å². The van der Waals surface area contributed by atoms with Crippen LogP contribution in [0.3, 0.4) is 0 Å². The molecule has 0 aromatic heterocycles. The topological polar surface area (TPSA) is 257 Å². The van der Waals surface area contributed by atoms with E-state index in [1.807, 2.05) is 48.5 Å². The molecule has 9 N–H and O–H groups in total. The molecule has 0 saturated carbocycles. The first-order valence-electron chi connectivity index (χ1n) is 19.2. The Labute approximate surface area is 336 Å². The number of primary amides is 1. The number of nitrogens with two attached hydrogens (primary N) is 1. The molecule has 0 radical (unpaired) electrons. The van der Waals surface area contributed by atoms with Gasteiger partial charge in [0.25, 0.3) is 0 Å². The Morgan fingerprint density at radius 3 is 2.03 bits per heavy atom. The molecule has 6 amide bonds. The highest BCUT2D eigenvalue weighted by atomic mass is 19.1. The highest BCUT2D eigenvalue weighted by molar-refractivity contribution is 5.94. The third kappa shape index (κ3) is 12.7. The number of ether oxygens (including phenoxy) is 3. The third-order valence-corrected chi connectivity index (χ3v) is 9.77. The Morgan fingerprint density at radius 1 is 0.845 bits per heavy atom. The number of benzene rings is 2. The van der Waals surface area contributed by atoms with Crippen molar-refractivity contribution in [3.63, 3.8) is 0 Å². The van der Waals surface area contributed by atoms with Gasteiger partial charge in [0.15, 0.2) is 0 Å². The minimum absolute atomic E-state index is 0.0610. The first-order valence-corrected chi connectivity index (χ1v) is 19.2. The quantitative estimate of drug-likeness (QED) is 0.0680. The van der Waals surface area contributed by atoms with Gasteiger partial charge in [-0.2, -0.15) is 0 Å². The van der Waals surface area contributed by atoms with Crippen LogP contribution < -0.4 is 32.3 Å². The molecule has 0 spiro atoms. The lowest BCUT2D eigenvalue weighted by molar-refractivity contribution is -0.134. The van der Waals surface area contributed by atoms with Crippen molar-refractivity contribution in [1.82, 2.24) is 26.6 Å². The molecule has 3 unspecified atom stereocenters. The van der Waals surface area contributed by atoms with E-state index in [0.29, 0.717) is 0 Å². The average molecular weight is 815 g/mol. The van der Waals surface area contributed by atoms with E-state index in [9.17, 15) is 43.4 Å². The van der Waals surface area contributed by atoms with Crippen LogP contribution in [0, 0.1) is 5.92 Å². The van der Waals surface area contributed by atoms with Crippen molar-refractivity contribution in [2.45, 2.75) is 108 Å². The Morgan fingerprint density at radius 2 is 1.45 bits per heavy atom. The summed E-state index contributed by atoms with van der Waals surface area (Å²) in [6, 6.07) is 11.9. The molecule has 0 bridgehead atoms. The van der Waals surface area contributed by atoms with Gasteiger partial charge < -0.3 is 56.7 Å². The molecule has 1 heterocycles. The summed E-state index contributed by atoms with van der Waals surface area (Å²) in [4.78, 5) is 77.4. The van der Waals surface area contributed by atoms with Gasteiger partial charge in [-0.15, -0.1) is 0 Å². The zero-order valence-electron chi connectivity index (χ0n) is 33.3. The van der Waals surface area contributed by atoms with E-state index in [2.05, 4.69) is 26.6 Å². The number of alkyl carbamates (subject to hydrolysis) is 1. The van der Waals surface area contributed by atoms with Gasteiger partial charge in [-0.25, -0.2) is 9.18 Å². The molecule has 1 aliphatic carbocycles. The summed E-state index contributed by atoms with van der Waals surface area (Å²) in [6.07, 6.45) is -6.78. The predicted molar refractivity (Wildman–Crippen MR) is 207 cm³/mol. The van der Waals surface area contributed by atoms with Gasteiger partial charge >= 0.3 is 6.09 Å². The predicted octanol–water partition coefficient (Wildman–Crippen LogP) is 0.639.